The van der Waals surface area contributed by atoms with E-state index in [4.69, 9.17) is 32.7 Å². The van der Waals surface area contributed by atoms with E-state index in [9.17, 15) is 27.6 Å². The maximum absolute atomic E-state index is 13.6. The number of hydrogen-bond acceptors (Lipinski definition) is 7. The number of nitrogens with zero attached hydrogens (tertiary/aromatic N) is 2. The molecule has 3 rings (SSSR count). The second kappa shape index (κ2) is 14.3. The second-order valence-electron chi connectivity index (χ2n) is 9.42. The van der Waals surface area contributed by atoms with Gasteiger partial charge >= 0.3 is 6.18 Å². The molecule has 0 spiro atoms. The summed E-state index contributed by atoms with van der Waals surface area (Å²) in [5.41, 5.74) is 0.569. The molecule has 0 radical (unpaired) electrons. The molecule has 0 fully saturated rings. The molecule has 3 atom stereocenters. The first-order valence-electron chi connectivity index (χ1n) is 12.5. The summed E-state index contributed by atoms with van der Waals surface area (Å²) in [4.78, 5) is 47.3. The molecule has 0 aliphatic heterocycles. The lowest BCUT2D eigenvalue weighted by atomic mass is 9.97. The van der Waals surface area contributed by atoms with Crippen LogP contribution in [0.4, 0.5) is 13.2 Å². The summed E-state index contributed by atoms with van der Waals surface area (Å²) >= 11 is 12.2. The minimum atomic E-state index is -5.19. The average Bonchev–Trinajstić information content (AvgIpc) is 2.93. The molecule has 2 aromatic carbocycles. The van der Waals surface area contributed by atoms with Crippen molar-refractivity contribution in [2.75, 3.05) is 7.11 Å². The molecule has 0 unspecified atom stereocenters. The summed E-state index contributed by atoms with van der Waals surface area (Å²) in [7, 11) is 1.42. The van der Waals surface area contributed by atoms with Gasteiger partial charge in [0.1, 0.15) is 17.5 Å². The minimum Gasteiger partial charge on any atom is -0.497 e. The molecular weight excluding hydrogens is 600 g/mol. The molecule has 3 aromatic rings. The van der Waals surface area contributed by atoms with Gasteiger partial charge in [0, 0.05) is 35.1 Å². The van der Waals surface area contributed by atoms with Crippen LogP contribution in [0.5, 0.6) is 11.5 Å². The molecule has 0 saturated carbocycles. The highest BCUT2D eigenvalue weighted by Crippen LogP contribution is 2.27. The Morgan fingerprint density at radius 2 is 1.57 bits per heavy atom. The molecule has 224 valence electrons. The van der Waals surface area contributed by atoms with Crippen LogP contribution in [0.2, 0.25) is 10.0 Å². The lowest BCUT2D eigenvalue weighted by Gasteiger charge is -2.27. The zero-order valence-corrected chi connectivity index (χ0v) is 24.1. The average molecular weight is 627 g/mol. The molecule has 1 heterocycles. The number of ketones is 1. The Balaban J connectivity index is 1.96. The van der Waals surface area contributed by atoms with Gasteiger partial charge < -0.3 is 20.1 Å². The van der Waals surface area contributed by atoms with Gasteiger partial charge in [-0.05, 0) is 41.8 Å². The maximum atomic E-state index is 13.6. The van der Waals surface area contributed by atoms with Crippen molar-refractivity contribution in [3.05, 3.63) is 82.4 Å². The fourth-order valence-electron chi connectivity index (χ4n) is 3.85. The monoisotopic (exact) mass is 626 g/mol. The van der Waals surface area contributed by atoms with Gasteiger partial charge in [-0.25, -0.2) is 0 Å². The number of hydrogen-bond donors (Lipinski definition) is 2. The summed E-state index contributed by atoms with van der Waals surface area (Å²) in [6.07, 6.45) is -2.34. The Morgan fingerprint density at radius 3 is 2.10 bits per heavy atom. The van der Waals surface area contributed by atoms with E-state index < -0.39 is 47.9 Å². The molecule has 2 amide bonds. The van der Waals surface area contributed by atoms with Gasteiger partial charge in [0.05, 0.1) is 18.8 Å². The fourth-order valence-corrected chi connectivity index (χ4v) is 4.36. The van der Waals surface area contributed by atoms with Crippen molar-refractivity contribution >= 4 is 40.8 Å². The molecule has 9 nitrogen and oxygen atoms in total. The third-order valence-electron chi connectivity index (χ3n) is 5.94. The van der Waals surface area contributed by atoms with Crippen molar-refractivity contribution in [2.24, 2.45) is 5.92 Å². The van der Waals surface area contributed by atoms with E-state index in [0.717, 1.165) is 0 Å². The molecule has 14 heteroatoms. The van der Waals surface area contributed by atoms with Gasteiger partial charge in [-0.3, -0.25) is 24.4 Å². The quantitative estimate of drug-likeness (QED) is 0.293. The van der Waals surface area contributed by atoms with Crippen molar-refractivity contribution in [2.45, 2.75) is 44.6 Å². The van der Waals surface area contributed by atoms with Gasteiger partial charge in [-0.1, -0.05) is 49.2 Å². The molecule has 0 saturated heterocycles. The standard InChI is InChI=1S/C28H27Cl2F3N4O5/c1-15(2)23(25(38)28(31,32)33)36-27(40)24(16-4-6-20(41-3)7-5-16)37-26(39)22(13-19-14-34-8-9-35-19)42-21-11-17(29)10-18(30)12-21/h4-12,14-15,22-24H,13H2,1-3H3,(H,36,40)(H,37,39)/t22-,23-,24-/m0/s1. The largest absolute Gasteiger partial charge is 0.497 e. The Morgan fingerprint density at radius 1 is 0.929 bits per heavy atom. The van der Waals surface area contributed by atoms with Gasteiger partial charge in [0.2, 0.25) is 5.91 Å². The van der Waals surface area contributed by atoms with Crippen LogP contribution in [0.15, 0.2) is 61.1 Å². The Bertz CT molecular complexity index is 1370. The van der Waals surface area contributed by atoms with E-state index in [0.29, 0.717) is 11.4 Å². The summed E-state index contributed by atoms with van der Waals surface area (Å²) in [5.74, 6) is -4.33. The first-order chi connectivity index (χ1) is 19.8. The number of carbonyl (C=O) groups is 3. The van der Waals surface area contributed by atoms with Crippen molar-refractivity contribution < 1.29 is 37.0 Å². The number of halogens is 5. The number of ether oxygens (including phenoxy) is 2. The van der Waals surface area contributed by atoms with Gasteiger partial charge in [-0.2, -0.15) is 13.2 Å². The highest BCUT2D eigenvalue weighted by molar-refractivity contribution is 6.34. The number of alkyl halides is 3. The summed E-state index contributed by atoms with van der Waals surface area (Å²) < 4.78 is 50.8. The van der Waals surface area contributed by atoms with Crippen LogP contribution in [-0.4, -0.2) is 53.0 Å². The van der Waals surface area contributed by atoms with Crippen molar-refractivity contribution in [1.82, 2.24) is 20.6 Å². The number of aromatic nitrogens is 2. The third kappa shape index (κ3) is 9.05. The summed E-state index contributed by atoms with van der Waals surface area (Å²) in [6.45, 7) is 2.72. The lowest BCUT2D eigenvalue weighted by molar-refractivity contribution is -0.175. The van der Waals surface area contributed by atoms with Crippen LogP contribution in [0.25, 0.3) is 0 Å². The zero-order chi connectivity index (χ0) is 31.0. The summed E-state index contributed by atoms with van der Waals surface area (Å²) in [5, 5.41) is 5.17. The van der Waals surface area contributed by atoms with Crippen LogP contribution < -0.4 is 20.1 Å². The van der Waals surface area contributed by atoms with Crippen molar-refractivity contribution in [3.8, 4) is 11.5 Å². The Labute approximate surface area is 249 Å². The molecule has 0 bridgehead atoms. The second-order valence-corrected chi connectivity index (χ2v) is 10.3. The smallest absolute Gasteiger partial charge is 0.452 e. The van der Waals surface area contributed by atoms with Gasteiger partial charge in [0.15, 0.2) is 6.10 Å². The van der Waals surface area contributed by atoms with E-state index in [-0.39, 0.29) is 27.8 Å². The SMILES string of the molecule is COc1ccc([C@H](NC(=O)[C@H](Cc2cnccn2)Oc2cc(Cl)cc(Cl)c2)C(=O)N[C@H](C(=O)C(F)(F)F)C(C)C)cc1. The number of amides is 2. The van der Waals surface area contributed by atoms with Crippen LogP contribution in [0.3, 0.4) is 0 Å². The third-order valence-corrected chi connectivity index (χ3v) is 6.38. The number of rotatable bonds is 12. The molecule has 0 aliphatic rings. The molecule has 42 heavy (non-hydrogen) atoms. The first-order valence-corrected chi connectivity index (χ1v) is 13.3. The highest BCUT2D eigenvalue weighted by atomic mass is 35.5. The van der Waals surface area contributed by atoms with Gasteiger partial charge in [-0.15, -0.1) is 0 Å². The number of methoxy groups -OCH3 is 1. The lowest BCUT2D eigenvalue weighted by Crippen LogP contribution is -2.53. The van der Waals surface area contributed by atoms with E-state index in [2.05, 4.69) is 20.6 Å². The van der Waals surface area contributed by atoms with Crippen LogP contribution in [0, 0.1) is 5.92 Å². The number of nitrogens with one attached hydrogen (secondary N) is 2. The van der Waals surface area contributed by atoms with Crippen molar-refractivity contribution in [3.63, 3.8) is 0 Å². The fraction of sp³-hybridized carbons (Fsp3) is 0.321. The topological polar surface area (TPSA) is 120 Å². The predicted octanol–water partition coefficient (Wildman–Crippen LogP) is 4.91. The molecule has 0 aliphatic carbocycles. The number of benzene rings is 2. The van der Waals surface area contributed by atoms with Gasteiger partial charge in [0.25, 0.3) is 11.7 Å². The first kappa shape index (κ1) is 32.6. The Kier molecular flexibility index (Phi) is 11.1. The van der Waals surface area contributed by atoms with E-state index in [1.165, 1.54) is 82.0 Å². The molecule has 2 N–H and O–H groups in total. The Hall–Kier alpha value is -3.90. The normalized spacial score (nSPS) is 13.5. The number of carbonyl (C=O) groups excluding carboxylic acids is 3. The van der Waals surface area contributed by atoms with Crippen LogP contribution in [-0.2, 0) is 20.8 Å². The van der Waals surface area contributed by atoms with Crippen LogP contribution in [0.1, 0.15) is 31.1 Å². The van der Waals surface area contributed by atoms with E-state index >= 15 is 0 Å². The highest BCUT2D eigenvalue weighted by Gasteiger charge is 2.45. The number of Topliss-reactive ketones (excluding diaryl/α,β-unsaturated/α-hetero) is 1. The van der Waals surface area contributed by atoms with Crippen LogP contribution >= 0.6 is 23.2 Å². The molecule has 1 aromatic heterocycles. The maximum Gasteiger partial charge on any atom is 0.452 e. The predicted molar refractivity (Wildman–Crippen MR) is 148 cm³/mol. The minimum absolute atomic E-state index is 0.109. The molecular formula is C28H27Cl2F3N4O5. The zero-order valence-electron chi connectivity index (χ0n) is 22.6. The van der Waals surface area contributed by atoms with E-state index in [1.807, 2.05) is 0 Å². The van der Waals surface area contributed by atoms with E-state index in [1.54, 1.807) is 0 Å². The summed E-state index contributed by atoms with van der Waals surface area (Å²) in [6, 6.07) is 6.81. The van der Waals surface area contributed by atoms with Crippen molar-refractivity contribution in [1.29, 1.82) is 0 Å².